The van der Waals surface area contributed by atoms with Gasteiger partial charge in [-0.05, 0) is 57.5 Å². The topological polar surface area (TPSA) is 38.3 Å². The van der Waals surface area contributed by atoms with Crippen molar-refractivity contribution in [2.75, 3.05) is 19.7 Å². The SMILES string of the molecule is CC1CCCC(COC(=O)C2(C)CCNCC2)C1. The molecule has 2 unspecified atom stereocenters. The van der Waals surface area contributed by atoms with Crippen LogP contribution in [-0.4, -0.2) is 25.7 Å². The second-order valence-electron chi connectivity index (χ2n) is 6.55. The van der Waals surface area contributed by atoms with E-state index in [0.717, 1.165) is 31.8 Å². The lowest BCUT2D eigenvalue weighted by atomic mass is 9.81. The Morgan fingerprint density at radius 3 is 2.72 bits per heavy atom. The molecule has 3 heteroatoms. The molecule has 0 radical (unpaired) electrons. The maximum Gasteiger partial charge on any atom is 0.311 e. The Hall–Kier alpha value is -0.570. The van der Waals surface area contributed by atoms with Crippen molar-refractivity contribution in [3.8, 4) is 0 Å². The number of carbonyl (C=O) groups excluding carboxylic acids is 1. The minimum absolute atomic E-state index is 0.0298. The number of ether oxygens (including phenoxy) is 1. The van der Waals surface area contributed by atoms with E-state index in [-0.39, 0.29) is 11.4 Å². The van der Waals surface area contributed by atoms with Crippen molar-refractivity contribution in [2.45, 2.75) is 52.4 Å². The summed E-state index contributed by atoms with van der Waals surface area (Å²) in [6.45, 7) is 6.88. The highest BCUT2D eigenvalue weighted by Crippen LogP contribution is 2.32. The molecule has 0 amide bonds. The van der Waals surface area contributed by atoms with Crippen LogP contribution in [0.5, 0.6) is 0 Å². The zero-order valence-electron chi connectivity index (χ0n) is 11.8. The third kappa shape index (κ3) is 3.47. The van der Waals surface area contributed by atoms with Gasteiger partial charge in [0.2, 0.25) is 0 Å². The molecule has 1 heterocycles. The molecule has 2 atom stereocenters. The zero-order valence-corrected chi connectivity index (χ0v) is 11.8. The molecule has 0 aromatic heterocycles. The quantitative estimate of drug-likeness (QED) is 0.786. The summed E-state index contributed by atoms with van der Waals surface area (Å²) in [7, 11) is 0. The van der Waals surface area contributed by atoms with Gasteiger partial charge in [-0.2, -0.15) is 0 Å². The second kappa shape index (κ2) is 6.05. The van der Waals surface area contributed by atoms with Crippen LogP contribution in [0.2, 0.25) is 0 Å². The highest BCUT2D eigenvalue weighted by Gasteiger charge is 2.36. The molecule has 1 aliphatic carbocycles. The Kier molecular flexibility index (Phi) is 4.66. The van der Waals surface area contributed by atoms with Crippen LogP contribution in [0.3, 0.4) is 0 Å². The molecule has 0 aromatic carbocycles. The van der Waals surface area contributed by atoms with E-state index in [4.69, 9.17) is 4.74 Å². The number of hydrogen-bond acceptors (Lipinski definition) is 3. The second-order valence-corrected chi connectivity index (χ2v) is 6.55. The summed E-state index contributed by atoms with van der Waals surface area (Å²) in [6.07, 6.45) is 6.92. The van der Waals surface area contributed by atoms with Gasteiger partial charge >= 0.3 is 5.97 Å². The van der Waals surface area contributed by atoms with Crippen LogP contribution < -0.4 is 5.32 Å². The molecule has 0 spiro atoms. The summed E-state index contributed by atoms with van der Waals surface area (Å²) in [5, 5.41) is 3.30. The van der Waals surface area contributed by atoms with Gasteiger partial charge in [0.25, 0.3) is 0 Å². The molecule has 2 aliphatic rings. The minimum atomic E-state index is -0.245. The van der Waals surface area contributed by atoms with Gasteiger partial charge in [0.1, 0.15) is 0 Å². The van der Waals surface area contributed by atoms with Gasteiger partial charge in [0.15, 0.2) is 0 Å². The van der Waals surface area contributed by atoms with E-state index in [1.54, 1.807) is 0 Å². The van der Waals surface area contributed by atoms with Crippen molar-refractivity contribution in [1.82, 2.24) is 5.32 Å². The number of carbonyl (C=O) groups is 1. The van der Waals surface area contributed by atoms with Crippen LogP contribution >= 0.6 is 0 Å². The van der Waals surface area contributed by atoms with Crippen LogP contribution in [-0.2, 0) is 9.53 Å². The molecule has 104 valence electrons. The van der Waals surface area contributed by atoms with E-state index in [9.17, 15) is 4.79 Å². The number of nitrogens with one attached hydrogen (secondary N) is 1. The van der Waals surface area contributed by atoms with Gasteiger partial charge in [0.05, 0.1) is 12.0 Å². The molecule has 2 rings (SSSR count). The van der Waals surface area contributed by atoms with Crippen molar-refractivity contribution in [2.24, 2.45) is 17.3 Å². The van der Waals surface area contributed by atoms with Crippen LogP contribution in [0.25, 0.3) is 0 Å². The fourth-order valence-electron chi connectivity index (χ4n) is 3.26. The fraction of sp³-hybridized carbons (Fsp3) is 0.933. The van der Waals surface area contributed by atoms with Crippen LogP contribution in [0.15, 0.2) is 0 Å². The van der Waals surface area contributed by atoms with Crippen LogP contribution in [0, 0.1) is 17.3 Å². The van der Waals surface area contributed by atoms with E-state index >= 15 is 0 Å². The number of esters is 1. The number of rotatable bonds is 3. The average Bonchev–Trinajstić information content (AvgIpc) is 2.37. The van der Waals surface area contributed by atoms with Gasteiger partial charge in [-0.1, -0.05) is 19.8 Å². The fourth-order valence-corrected chi connectivity index (χ4v) is 3.26. The molecule has 2 fully saturated rings. The Balaban J connectivity index is 1.76. The van der Waals surface area contributed by atoms with Gasteiger partial charge in [0, 0.05) is 0 Å². The largest absolute Gasteiger partial charge is 0.465 e. The highest BCUT2D eigenvalue weighted by atomic mass is 16.5. The first-order valence-electron chi connectivity index (χ1n) is 7.48. The molecular formula is C15H27NO2. The molecule has 1 N–H and O–H groups in total. The summed E-state index contributed by atoms with van der Waals surface area (Å²) in [5.74, 6) is 1.43. The third-order valence-electron chi connectivity index (χ3n) is 4.70. The first kappa shape index (κ1) is 13.9. The lowest BCUT2D eigenvalue weighted by molar-refractivity contribution is -0.158. The van der Waals surface area contributed by atoms with Gasteiger partial charge < -0.3 is 10.1 Å². The number of hydrogen-bond donors (Lipinski definition) is 1. The monoisotopic (exact) mass is 253 g/mol. The molecule has 1 aliphatic heterocycles. The lowest BCUT2D eigenvalue weighted by Gasteiger charge is -2.33. The maximum atomic E-state index is 12.2. The first-order chi connectivity index (χ1) is 8.60. The van der Waals surface area contributed by atoms with E-state index in [2.05, 4.69) is 19.2 Å². The predicted molar refractivity (Wildman–Crippen MR) is 72.3 cm³/mol. The summed E-state index contributed by atoms with van der Waals surface area (Å²) in [5.41, 5.74) is -0.245. The summed E-state index contributed by atoms with van der Waals surface area (Å²) >= 11 is 0. The van der Waals surface area contributed by atoms with Crippen LogP contribution in [0.4, 0.5) is 0 Å². The van der Waals surface area contributed by atoms with Crippen LogP contribution in [0.1, 0.15) is 52.4 Å². The summed E-state index contributed by atoms with van der Waals surface area (Å²) in [6, 6.07) is 0. The highest BCUT2D eigenvalue weighted by molar-refractivity contribution is 5.76. The van der Waals surface area contributed by atoms with E-state index in [1.807, 2.05) is 0 Å². The van der Waals surface area contributed by atoms with Crippen molar-refractivity contribution >= 4 is 5.97 Å². The first-order valence-corrected chi connectivity index (χ1v) is 7.48. The van der Waals surface area contributed by atoms with Crippen molar-refractivity contribution in [3.63, 3.8) is 0 Å². The maximum absolute atomic E-state index is 12.2. The van der Waals surface area contributed by atoms with E-state index in [1.165, 1.54) is 25.7 Å². The summed E-state index contributed by atoms with van der Waals surface area (Å²) in [4.78, 5) is 12.2. The predicted octanol–water partition coefficient (Wildman–Crippen LogP) is 2.75. The van der Waals surface area contributed by atoms with Crippen molar-refractivity contribution in [3.05, 3.63) is 0 Å². The Morgan fingerprint density at radius 1 is 1.33 bits per heavy atom. The van der Waals surface area contributed by atoms with Gasteiger partial charge in [-0.15, -0.1) is 0 Å². The molecular weight excluding hydrogens is 226 g/mol. The lowest BCUT2D eigenvalue weighted by Crippen LogP contribution is -2.41. The molecule has 1 saturated heterocycles. The molecule has 18 heavy (non-hydrogen) atoms. The molecule has 3 nitrogen and oxygen atoms in total. The minimum Gasteiger partial charge on any atom is -0.465 e. The average molecular weight is 253 g/mol. The zero-order chi connectivity index (χ0) is 13.0. The normalized spacial score (nSPS) is 31.9. The van der Waals surface area contributed by atoms with E-state index in [0.29, 0.717) is 12.5 Å². The molecule has 0 aromatic rings. The van der Waals surface area contributed by atoms with Crippen molar-refractivity contribution in [1.29, 1.82) is 0 Å². The Labute approximate surface area is 111 Å². The van der Waals surface area contributed by atoms with Gasteiger partial charge in [-0.25, -0.2) is 0 Å². The Morgan fingerprint density at radius 2 is 2.06 bits per heavy atom. The smallest absolute Gasteiger partial charge is 0.311 e. The Bertz CT molecular complexity index is 284. The molecule has 1 saturated carbocycles. The third-order valence-corrected chi connectivity index (χ3v) is 4.70. The molecule has 0 bridgehead atoms. The van der Waals surface area contributed by atoms with Crippen molar-refractivity contribution < 1.29 is 9.53 Å². The summed E-state index contributed by atoms with van der Waals surface area (Å²) < 4.78 is 5.61. The standard InChI is InChI=1S/C15H27NO2/c1-12-4-3-5-13(10-12)11-18-14(17)15(2)6-8-16-9-7-15/h12-13,16H,3-11H2,1-2H3. The van der Waals surface area contributed by atoms with E-state index < -0.39 is 0 Å². The number of piperidine rings is 1. The van der Waals surface area contributed by atoms with Gasteiger partial charge in [-0.3, -0.25) is 4.79 Å².